The number of carbonyl (C=O) groups is 2. The number of rotatable bonds is 5. The molecule has 0 unspecified atom stereocenters. The normalized spacial score (nSPS) is 12.7. The number of hydrogen-bond acceptors (Lipinski definition) is 4. The summed E-state index contributed by atoms with van der Waals surface area (Å²) in [6, 6.07) is 4.41. The Balaban J connectivity index is 2.19. The minimum absolute atomic E-state index is 0.127. The van der Waals surface area contributed by atoms with Gasteiger partial charge in [-0.3, -0.25) is 0 Å². The molecule has 0 aliphatic rings. The van der Waals surface area contributed by atoms with Crippen LogP contribution in [0.4, 0.5) is 4.79 Å². The zero-order chi connectivity index (χ0) is 17.9. The fourth-order valence-electron chi connectivity index (χ4n) is 2.32. The van der Waals surface area contributed by atoms with Crippen LogP contribution in [-0.2, 0) is 16.0 Å². The van der Waals surface area contributed by atoms with Crippen LogP contribution in [0.2, 0.25) is 0 Å². The molecular formula is C17H22N2O5. The van der Waals surface area contributed by atoms with Crippen molar-refractivity contribution in [2.75, 3.05) is 7.11 Å². The molecule has 0 aliphatic heterocycles. The van der Waals surface area contributed by atoms with Gasteiger partial charge >= 0.3 is 12.1 Å². The molecule has 0 saturated heterocycles. The lowest BCUT2D eigenvalue weighted by Crippen LogP contribution is -2.44. The van der Waals surface area contributed by atoms with Crippen molar-refractivity contribution < 1.29 is 24.2 Å². The minimum atomic E-state index is -1.13. The molecule has 0 saturated carbocycles. The topological polar surface area (TPSA) is 101 Å². The zero-order valence-electron chi connectivity index (χ0n) is 14.2. The molecule has 7 heteroatoms. The molecule has 0 radical (unpaired) electrons. The molecule has 1 amide bonds. The van der Waals surface area contributed by atoms with Crippen LogP contribution in [-0.4, -0.2) is 40.9 Å². The summed E-state index contributed by atoms with van der Waals surface area (Å²) in [5.41, 5.74) is 0.945. The number of fused-ring (bicyclic) bond motifs is 1. The van der Waals surface area contributed by atoms with Crippen LogP contribution >= 0.6 is 0 Å². The van der Waals surface area contributed by atoms with Crippen LogP contribution in [0.25, 0.3) is 10.9 Å². The van der Waals surface area contributed by atoms with E-state index in [-0.39, 0.29) is 6.42 Å². The van der Waals surface area contributed by atoms with Crippen LogP contribution in [0.15, 0.2) is 24.4 Å². The number of ether oxygens (including phenoxy) is 2. The molecule has 1 heterocycles. The monoisotopic (exact) mass is 334 g/mol. The summed E-state index contributed by atoms with van der Waals surface area (Å²) in [6.07, 6.45) is 1.10. The lowest BCUT2D eigenvalue weighted by Gasteiger charge is -2.22. The number of aromatic nitrogens is 1. The predicted octanol–water partition coefficient (Wildman–Crippen LogP) is 2.70. The van der Waals surface area contributed by atoms with E-state index in [1.54, 1.807) is 34.1 Å². The molecule has 0 spiro atoms. The predicted molar refractivity (Wildman–Crippen MR) is 89.3 cm³/mol. The Labute approximate surface area is 140 Å². The Bertz CT molecular complexity index is 745. The van der Waals surface area contributed by atoms with E-state index in [1.807, 2.05) is 18.2 Å². The molecule has 1 atom stereocenters. The fourth-order valence-corrected chi connectivity index (χ4v) is 2.32. The molecule has 0 fully saturated rings. The van der Waals surface area contributed by atoms with Gasteiger partial charge in [-0.15, -0.1) is 0 Å². The highest BCUT2D eigenvalue weighted by molar-refractivity contribution is 5.86. The van der Waals surface area contributed by atoms with Gasteiger partial charge in [0.1, 0.15) is 17.4 Å². The summed E-state index contributed by atoms with van der Waals surface area (Å²) in [5.74, 6) is -0.451. The maximum atomic E-state index is 11.8. The molecule has 1 aromatic heterocycles. The molecule has 7 nitrogen and oxygen atoms in total. The summed E-state index contributed by atoms with van der Waals surface area (Å²) >= 11 is 0. The molecule has 24 heavy (non-hydrogen) atoms. The molecule has 2 aromatic rings. The summed E-state index contributed by atoms with van der Waals surface area (Å²) < 4.78 is 10.3. The van der Waals surface area contributed by atoms with E-state index < -0.39 is 23.7 Å². The first-order chi connectivity index (χ1) is 11.2. The largest absolute Gasteiger partial charge is 0.497 e. The van der Waals surface area contributed by atoms with Gasteiger partial charge < -0.3 is 24.9 Å². The maximum absolute atomic E-state index is 11.8. The Morgan fingerprint density at radius 1 is 1.33 bits per heavy atom. The number of amides is 1. The van der Waals surface area contributed by atoms with Crippen LogP contribution in [0.5, 0.6) is 5.75 Å². The van der Waals surface area contributed by atoms with Crippen molar-refractivity contribution in [2.45, 2.75) is 38.8 Å². The average Bonchev–Trinajstić information content (AvgIpc) is 2.86. The number of hydrogen-bond donors (Lipinski definition) is 3. The van der Waals surface area contributed by atoms with Crippen molar-refractivity contribution >= 4 is 23.0 Å². The van der Waals surface area contributed by atoms with Crippen molar-refractivity contribution in [2.24, 2.45) is 0 Å². The maximum Gasteiger partial charge on any atom is 0.408 e. The van der Waals surface area contributed by atoms with Gasteiger partial charge in [0, 0.05) is 23.5 Å². The van der Waals surface area contributed by atoms with E-state index in [0.717, 1.165) is 16.5 Å². The number of H-pyrrole nitrogens is 1. The van der Waals surface area contributed by atoms with E-state index in [4.69, 9.17) is 9.47 Å². The van der Waals surface area contributed by atoms with E-state index in [9.17, 15) is 14.7 Å². The van der Waals surface area contributed by atoms with Gasteiger partial charge in [-0.05, 0) is 44.5 Å². The lowest BCUT2D eigenvalue weighted by molar-refractivity contribution is -0.139. The number of carbonyl (C=O) groups excluding carboxylic acids is 1. The second-order valence-corrected chi connectivity index (χ2v) is 6.47. The van der Waals surface area contributed by atoms with Gasteiger partial charge in [-0.2, -0.15) is 0 Å². The Kier molecular flexibility index (Phi) is 5.02. The fraction of sp³-hybridized carbons (Fsp3) is 0.412. The second-order valence-electron chi connectivity index (χ2n) is 6.47. The summed E-state index contributed by atoms with van der Waals surface area (Å²) in [5, 5.41) is 12.6. The molecular weight excluding hydrogens is 312 g/mol. The number of carboxylic acid groups (broad SMARTS) is 1. The first-order valence-electron chi connectivity index (χ1n) is 7.56. The number of carboxylic acids is 1. The van der Waals surface area contributed by atoms with Gasteiger partial charge in [0.2, 0.25) is 0 Å². The van der Waals surface area contributed by atoms with Gasteiger partial charge in [-0.1, -0.05) is 0 Å². The summed E-state index contributed by atoms with van der Waals surface area (Å²) in [7, 11) is 1.57. The third-order valence-corrected chi connectivity index (χ3v) is 3.39. The van der Waals surface area contributed by atoms with Crippen LogP contribution < -0.4 is 10.1 Å². The molecule has 0 bridgehead atoms. The molecule has 1 aromatic carbocycles. The smallest absolute Gasteiger partial charge is 0.408 e. The third kappa shape index (κ3) is 4.41. The van der Waals surface area contributed by atoms with Crippen molar-refractivity contribution in [1.82, 2.24) is 10.3 Å². The van der Waals surface area contributed by atoms with E-state index in [2.05, 4.69) is 10.3 Å². The number of aliphatic carboxylic acids is 1. The van der Waals surface area contributed by atoms with Crippen molar-refractivity contribution in [1.29, 1.82) is 0 Å². The van der Waals surface area contributed by atoms with E-state index in [0.29, 0.717) is 5.75 Å². The third-order valence-electron chi connectivity index (χ3n) is 3.39. The number of nitrogens with one attached hydrogen (secondary N) is 2. The number of alkyl carbamates (subject to hydrolysis) is 1. The van der Waals surface area contributed by atoms with Gasteiger partial charge in [0.05, 0.1) is 7.11 Å². The number of methoxy groups -OCH3 is 1. The van der Waals surface area contributed by atoms with E-state index >= 15 is 0 Å². The molecule has 130 valence electrons. The van der Waals surface area contributed by atoms with Crippen molar-refractivity contribution in [3.05, 3.63) is 30.0 Å². The molecule has 0 aliphatic carbocycles. The zero-order valence-corrected chi connectivity index (χ0v) is 14.2. The van der Waals surface area contributed by atoms with Gasteiger partial charge in [-0.25, -0.2) is 9.59 Å². The highest BCUT2D eigenvalue weighted by atomic mass is 16.6. The molecule has 3 N–H and O–H groups in total. The summed E-state index contributed by atoms with van der Waals surface area (Å²) in [6.45, 7) is 5.15. The highest BCUT2D eigenvalue weighted by Gasteiger charge is 2.25. The highest BCUT2D eigenvalue weighted by Crippen LogP contribution is 2.24. The first kappa shape index (κ1) is 17.7. The van der Waals surface area contributed by atoms with Crippen molar-refractivity contribution in [3.8, 4) is 5.75 Å². The second kappa shape index (κ2) is 6.82. The number of benzene rings is 1. The SMILES string of the molecule is COc1ccc2[nH]cc(C[C@@H](NC(=O)OC(C)(C)C)C(=O)O)c2c1. The Morgan fingerprint density at radius 2 is 2.04 bits per heavy atom. The van der Waals surface area contributed by atoms with Crippen molar-refractivity contribution in [3.63, 3.8) is 0 Å². The lowest BCUT2D eigenvalue weighted by atomic mass is 10.0. The van der Waals surface area contributed by atoms with Crippen LogP contribution in [0.3, 0.4) is 0 Å². The number of aromatic amines is 1. The first-order valence-corrected chi connectivity index (χ1v) is 7.56. The minimum Gasteiger partial charge on any atom is -0.497 e. The van der Waals surface area contributed by atoms with Crippen LogP contribution in [0, 0.1) is 0 Å². The van der Waals surface area contributed by atoms with Gasteiger partial charge in [0.25, 0.3) is 0 Å². The average molecular weight is 334 g/mol. The molecule has 2 rings (SSSR count). The summed E-state index contributed by atoms with van der Waals surface area (Å²) in [4.78, 5) is 26.4. The quantitative estimate of drug-likeness (QED) is 0.780. The Hall–Kier alpha value is -2.70. The van der Waals surface area contributed by atoms with Gasteiger partial charge in [0.15, 0.2) is 0 Å². The standard InChI is InChI=1S/C17H22N2O5/c1-17(2,3)24-16(22)19-14(15(20)21)7-10-9-18-13-6-5-11(23-4)8-12(10)13/h5-6,8-9,14,18H,7H2,1-4H3,(H,19,22)(H,20,21)/t14-/m1/s1. The Morgan fingerprint density at radius 3 is 2.62 bits per heavy atom. The van der Waals surface area contributed by atoms with E-state index in [1.165, 1.54) is 0 Å². The van der Waals surface area contributed by atoms with Crippen LogP contribution in [0.1, 0.15) is 26.3 Å².